The van der Waals surface area contributed by atoms with E-state index < -0.39 is 26.2 Å². The fourth-order valence-corrected chi connectivity index (χ4v) is 1.13. The molecular formula is C13H29N2O8PPt. The van der Waals surface area contributed by atoms with E-state index in [0.29, 0.717) is 19.6 Å². The zero-order valence-corrected chi connectivity index (χ0v) is 17.5. The van der Waals surface area contributed by atoms with Crippen LogP contribution >= 0.6 is 8.25 Å². The Labute approximate surface area is 165 Å². The Morgan fingerprint density at radius 3 is 1.68 bits per heavy atom. The predicted molar refractivity (Wildman–Crippen MR) is 90.4 cm³/mol. The molecule has 0 heterocycles. The number of hydrogen-bond donors (Lipinski definition) is 3. The van der Waals surface area contributed by atoms with Crippen LogP contribution in [-0.4, -0.2) is 58.0 Å². The van der Waals surface area contributed by atoms with Crippen LogP contribution in [0.15, 0.2) is 13.2 Å². The molecule has 0 spiro atoms. The first-order valence-corrected chi connectivity index (χ1v) is 7.92. The Morgan fingerprint density at radius 2 is 1.64 bits per heavy atom. The van der Waals surface area contributed by atoms with E-state index in [1.54, 1.807) is 13.8 Å². The van der Waals surface area contributed by atoms with Crippen molar-refractivity contribution in [2.24, 2.45) is 0 Å². The molecule has 25 heavy (non-hydrogen) atoms. The van der Waals surface area contributed by atoms with Crippen LogP contribution in [0.3, 0.4) is 0 Å². The largest absolute Gasteiger partial charge is 2.00 e. The van der Waals surface area contributed by atoms with Gasteiger partial charge in [-0.15, -0.1) is 13.2 Å². The smallest absolute Gasteiger partial charge is 0.677 e. The van der Waals surface area contributed by atoms with Crippen molar-refractivity contribution in [3.63, 3.8) is 0 Å². The number of unbranched alkanes of at least 4 members (excludes halogenated alkanes) is 1. The molecule has 0 aliphatic carbocycles. The van der Waals surface area contributed by atoms with E-state index in [1.807, 2.05) is 0 Å². The molecule has 0 radical (unpaired) electrons. The summed E-state index contributed by atoms with van der Waals surface area (Å²) in [6, 6.07) is -1.42. The van der Waals surface area contributed by atoms with E-state index >= 15 is 0 Å². The predicted octanol–water partition coefficient (Wildman–Crippen LogP) is 2.06. The van der Waals surface area contributed by atoms with Crippen LogP contribution in [-0.2, 0) is 39.9 Å². The summed E-state index contributed by atoms with van der Waals surface area (Å²) in [6.45, 7) is 14.4. The fraction of sp³-hybridized carbons (Fsp3) is 0.615. The van der Waals surface area contributed by atoms with E-state index in [4.69, 9.17) is 30.7 Å². The summed E-state index contributed by atoms with van der Waals surface area (Å²) >= 11 is 0. The SMILES string of the molecule is C=C.CCN(CC)C(C(=O)O)C(=O)O.O=[P+]([O-])OO.[CH2-]CCC[NH-].[HH].[Pt+2]. The molecule has 12 heteroatoms. The van der Waals surface area contributed by atoms with Gasteiger partial charge in [-0.1, -0.05) is 20.3 Å². The van der Waals surface area contributed by atoms with Crippen LogP contribution in [0, 0.1) is 6.92 Å². The summed E-state index contributed by atoms with van der Waals surface area (Å²) in [5, 5.41) is 24.2. The van der Waals surface area contributed by atoms with Crippen LogP contribution in [0.4, 0.5) is 0 Å². The number of carboxylic acid groups (broad SMARTS) is 2. The normalized spacial score (nSPS) is 9.20. The molecule has 4 N–H and O–H groups in total. The number of aliphatic carboxylic acids is 2. The Kier molecular flexibility index (Phi) is 39.8. The van der Waals surface area contributed by atoms with Gasteiger partial charge in [0.05, 0.1) is 0 Å². The monoisotopic (exact) mass is 567 g/mol. The molecule has 0 aliphatic heterocycles. The second-order valence-corrected chi connectivity index (χ2v) is 4.17. The van der Waals surface area contributed by atoms with Crippen molar-refractivity contribution < 1.29 is 61.7 Å². The molecule has 0 saturated heterocycles. The molecule has 1 unspecified atom stereocenters. The second-order valence-electron chi connectivity index (χ2n) is 3.56. The van der Waals surface area contributed by atoms with Gasteiger partial charge in [0, 0.05) is 6.10 Å². The van der Waals surface area contributed by atoms with Gasteiger partial charge >= 0.3 is 41.3 Å². The van der Waals surface area contributed by atoms with Crippen molar-refractivity contribution in [1.82, 2.24) is 4.90 Å². The van der Waals surface area contributed by atoms with Crippen LogP contribution in [0.5, 0.6) is 0 Å². The summed E-state index contributed by atoms with van der Waals surface area (Å²) in [5.74, 6) is -2.63. The van der Waals surface area contributed by atoms with Crippen LogP contribution < -0.4 is 4.89 Å². The summed E-state index contributed by atoms with van der Waals surface area (Å²) in [5.41, 5.74) is 6.56. The minimum absolute atomic E-state index is 0. The molecule has 0 amide bonds. The summed E-state index contributed by atoms with van der Waals surface area (Å²) in [4.78, 5) is 31.3. The van der Waals surface area contributed by atoms with Crippen LogP contribution in [0.2, 0.25) is 0 Å². The molecule has 154 valence electrons. The molecule has 0 rings (SSSR count). The molecule has 10 nitrogen and oxygen atoms in total. The summed E-state index contributed by atoms with van der Waals surface area (Å²) in [7, 11) is -3.04. The van der Waals surface area contributed by atoms with Crippen molar-refractivity contribution >= 4 is 20.2 Å². The molecule has 1 atom stereocenters. The number of nitrogens with one attached hydrogen (secondary N) is 1. The van der Waals surface area contributed by atoms with Gasteiger partial charge in [0.2, 0.25) is 6.04 Å². The first-order chi connectivity index (χ1) is 11.2. The quantitative estimate of drug-likeness (QED) is 0.0992. The van der Waals surface area contributed by atoms with Crippen molar-refractivity contribution in [3.05, 3.63) is 25.8 Å². The number of carbonyl (C=O) groups is 2. The minimum atomic E-state index is -3.04. The van der Waals surface area contributed by atoms with Gasteiger partial charge in [0.1, 0.15) is 0 Å². The van der Waals surface area contributed by atoms with Gasteiger partial charge < -0.3 is 27.8 Å². The zero-order chi connectivity index (χ0) is 20.1. The number of nitrogens with zero attached hydrogens (tertiary/aromatic N) is 1. The van der Waals surface area contributed by atoms with Crippen LogP contribution in [0.1, 0.15) is 28.1 Å². The first-order valence-electron chi connectivity index (χ1n) is 6.82. The number of rotatable bonds is 8. The molecule has 0 saturated carbocycles. The van der Waals surface area contributed by atoms with E-state index in [2.05, 4.69) is 24.8 Å². The molecule has 0 aromatic rings. The Bertz CT molecular complexity index is 323. The van der Waals surface area contributed by atoms with E-state index in [1.165, 1.54) is 4.90 Å². The molecule has 0 aromatic heterocycles. The van der Waals surface area contributed by atoms with Gasteiger partial charge in [-0.3, -0.25) is 4.90 Å². The maximum atomic E-state index is 10.5. The van der Waals surface area contributed by atoms with Crippen molar-refractivity contribution in [3.8, 4) is 0 Å². The number of hydrogen-bond acceptors (Lipinski definition) is 7. The van der Waals surface area contributed by atoms with Gasteiger partial charge in [0.25, 0.3) is 0 Å². The standard InChI is InChI=1S/C7H13NO4.C4H9N.C2H4.HO4P.Pt.H2/c1-3-8(4-2)5(6(9)10)7(11)12;1-2-3-4-5;1-2;1-4-5(2)3;;/h5H,3-4H2,1-2H3,(H,9,10)(H,11,12);5H,1-4H2;1-2H2;1H;;1H/q;-2;;;+2;. The Morgan fingerprint density at radius 1 is 1.32 bits per heavy atom. The third-order valence-corrected chi connectivity index (χ3v) is 2.27. The van der Waals surface area contributed by atoms with Gasteiger partial charge in [-0.2, -0.15) is 13.0 Å². The zero-order valence-electron chi connectivity index (χ0n) is 14.3. The van der Waals surface area contributed by atoms with Crippen LogP contribution in [0.25, 0.3) is 5.73 Å². The van der Waals surface area contributed by atoms with E-state index in [9.17, 15) is 9.59 Å². The average molecular weight is 567 g/mol. The molecule has 0 fully saturated rings. The molecule has 0 aliphatic rings. The average Bonchev–Trinajstić information content (AvgIpc) is 2.55. The third kappa shape index (κ3) is 28.3. The van der Waals surface area contributed by atoms with Crippen molar-refractivity contribution in [2.45, 2.75) is 32.7 Å². The molecular weight excluding hydrogens is 538 g/mol. The molecule has 0 aromatic carbocycles. The van der Waals surface area contributed by atoms with Crippen molar-refractivity contribution in [2.75, 3.05) is 19.6 Å². The fourth-order valence-electron chi connectivity index (χ4n) is 1.13. The van der Waals surface area contributed by atoms with Gasteiger partial charge in [-0.05, 0) is 17.7 Å². The van der Waals surface area contributed by atoms with Gasteiger partial charge in [0.15, 0.2) is 0 Å². The number of carboxylic acids is 2. The van der Waals surface area contributed by atoms with Crippen molar-refractivity contribution in [1.29, 1.82) is 0 Å². The minimum Gasteiger partial charge on any atom is -0.677 e. The Hall–Kier alpha value is -0.732. The summed E-state index contributed by atoms with van der Waals surface area (Å²) in [6.07, 6.45) is 1.85. The first kappa shape index (κ1) is 35.4. The van der Waals surface area contributed by atoms with Gasteiger partial charge in [-0.25, -0.2) is 14.8 Å². The maximum Gasteiger partial charge on any atom is 2.00 e. The Balaban J connectivity index is -0.0000000604. The number of likely N-dealkylation sites (N-methyl/N-ethyl adjacent to an activating group) is 1. The third-order valence-electron chi connectivity index (χ3n) is 2.14. The summed E-state index contributed by atoms with van der Waals surface area (Å²) < 4.78 is 11.6. The van der Waals surface area contributed by atoms with E-state index in [-0.39, 0.29) is 22.5 Å². The van der Waals surface area contributed by atoms with E-state index in [0.717, 1.165) is 12.8 Å². The molecule has 0 bridgehead atoms. The maximum absolute atomic E-state index is 10.5. The topological polar surface area (TPSA) is 171 Å². The second kappa shape index (κ2) is 28.1.